The van der Waals surface area contributed by atoms with Crippen molar-refractivity contribution in [1.82, 2.24) is 15.1 Å². The highest BCUT2D eigenvalue weighted by atomic mass is 19.4. The Kier molecular flexibility index (Phi) is 13.6. The minimum absolute atomic E-state index is 0.0964. The molecule has 2 aromatic rings. The maximum absolute atomic E-state index is 14.9. The standard InChI is InChI=1S/C34H50F2N4O.C2HF3O2/c1-7-32(38-14-8-13-37)28-18-23(3)22(2)17-27(28)24-11-15-39(16-12-24)33(41)30-21-40(34(4,5)6)20-29(30)26-10-9-25(35)19-31(26)36;3-2(4,5)1(6)7/h9-10,17-19,24,29-30,32,38H,7-8,11-16,20-21,37H2,1-6H3;(H,6,7)/t29-,30+,32?;/m0./s1. The van der Waals surface area contributed by atoms with Gasteiger partial charge in [-0.05, 0) is 113 Å². The lowest BCUT2D eigenvalue weighted by molar-refractivity contribution is -0.192. The number of nitrogens with zero attached hydrogens (tertiary/aromatic N) is 2. The number of aryl methyl sites for hydroxylation is 2. The Balaban J connectivity index is 0.000000804. The molecule has 12 heteroatoms. The number of hydrogen-bond donors (Lipinski definition) is 3. The van der Waals surface area contributed by atoms with Crippen LogP contribution in [0.2, 0.25) is 0 Å². The number of amides is 1. The zero-order valence-corrected chi connectivity index (χ0v) is 28.9. The predicted octanol–water partition coefficient (Wildman–Crippen LogP) is 6.82. The lowest BCUT2D eigenvalue weighted by Gasteiger charge is -2.36. The molecule has 0 radical (unpaired) electrons. The first kappa shape index (κ1) is 39.3. The Morgan fingerprint density at radius 1 is 1.00 bits per heavy atom. The molecule has 0 saturated carbocycles. The highest BCUT2D eigenvalue weighted by molar-refractivity contribution is 5.81. The van der Waals surface area contributed by atoms with Gasteiger partial charge in [-0.25, -0.2) is 13.6 Å². The Labute approximate surface area is 281 Å². The molecule has 0 aliphatic carbocycles. The van der Waals surface area contributed by atoms with Crippen LogP contribution in [0.15, 0.2) is 30.3 Å². The predicted molar refractivity (Wildman–Crippen MR) is 177 cm³/mol. The first-order valence-corrected chi connectivity index (χ1v) is 16.7. The van der Waals surface area contributed by atoms with E-state index in [1.165, 1.54) is 34.4 Å². The van der Waals surface area contributed by atoms with Gasteiger partial charge in [-0.3, -0.25) is 9.69 Å². The quantitative estimate of drug-likeness (QED) is 0.198. The van der Waals surface area contributed by atoms with Gasteiger partial charge in [0, 0.05) is 49.7 Å². The van der Waals surface area contributed by atoms with Gasteiger partial charge in [0.25, 0.3) is 0 Å². The van der Waals surface area contributed by atoms with Gasteiger partial charge in [-0.1, -0.05) is 25.1 Å². The van der Waals surface area contributed by atoms with Crippen LogP contribution in [-0.4, -0.2) is 77.8 Å². The van der Waals surface area contributed by atoms with E-state index in [4.69, 9.17) is 15.6 Å². The number of carboxylic acid groups (broad SMARTS) is 1. The van der Waals surface area contributed by atoms with Crippen LogP contribution < -0.4 is 11.1 Å². The van der Waals surface area contributed by atoms with E-state index in [-0.39, 0.29) is 29.3 Å². The fourth-order valence-corrected chi connectivity index (χ4v) is 6.73. The largest absolute Gasteiger partial charge is 0.490 e. The number of halogens is 5. The average Bonchev–Trinajstić information content (AvgIpc) is 3.46. The fourth-order valence-electron chi connectivity index (χ4n) is 6.73. The van der Waals surface area contributed by atoms with Crippen molar-refractivity contribution >= 4 is 11.9 Å². The highest BCUT2D eigenvalue weighted by Crippen LogP contribution is 2.40. The van der Waals surface area contributed by atoms with Crippen LogP contribution in [0.25, 0.3) is 0 Å². The Hall–Kier alpha value is -3.09. The van der Waals surface area contributed by atoms with Crippen molar-refractivity contribution in [3.05, 3.63) is 69.8 Å². The van der Waals surface area contributed by atoms with Gasteiger partial charge in [0.15, 0.2) is 0 Å². The van der Waals surface area contributed by atoms with E-state index < -0.39 is 23.8 Å². The van der Waals surface area contributed by atoms with Crippen LogP contribution in [0.4, 0.5) is 22.0 Å². The lowest BCUT2D eigenvalue weighted by atomic mass is 9.81. The summed E-state index contributed by atoms with van der Waals surface area (Å²) in [5.41, 5.74) is 11.4. The Morgan fingerprint density at radius 3 is 2.12 bits per heavy atom. The number of carboxylic acids is 1. The third kappa shape index (κ3) is 9.98. The molecule has 2 aromatic carbocycles. The van der Waals surface area contributed by atoms with Crippen molar-refractivity contribution in [2.45, 2.75) is 96.8 Å². The molecule has 2 aliphatic rings. The second-order valence-electron chi connectivity index (χ2n) is 14.0. The van der Waals surface area contributed by atoms with Gasteiger partial charge in [0.1, 0.15) is 11.6 Å². The van der Waals surface area contributed by atoms with Gasteiger partial charge in [-0.2, -0.15) is 13.2 Å². The topological polar surface area (TPSA) is 98.9 Å². The van der Waals surface area contributed by atoms with Crippen molar-refractivity contribution in [1.29, 1.82) is 0 Å². The number of alkyl halides is 3. The van der Waals surface area contributed by atoms with Crippen LogP contribution in [0.5, 0.6) is 0 Å². The van der Waals surface area contributed by atoms with Crippen molar-refractivity contribution in [3.63, 3.8) is 0 Å². The normalized spacial score (nSPS) is 20.0. The number of rotatable bonds is 9. The maximum Gasteiger partial charge on any atom is 0.490 e. The molecule has 4 rings (SSSR count). The van der Waals surface area contributed by atoms with Crippen LogP contribution >= 0.6 is 0 Å². The third-order valence-electron chi connectivity index (χ3n) is 9.69. The molecule has 2 aliphatic heterocycles. The van der Waals surface area contributed by atoms with Gasteiger partial charge in [0.2, 0.25) is 5.91 Å². The first-order chi connectivity index (χ1) is 22.4. The molecule has 3 atom stereocenters. The molecule has 0 aromatic heterocycles. The van der Waals surface area contributed by atoms with E-state index in [9.17, 15) is 26.7 Å². The Bertz CT molecular complexity index is 1400. The minimum atomic E-state index is -5.08. The Morgan fingerprint density at radius 2 is 1.60 bits per heavy atom. The van der Waals surface area contributed by atoms with E-state index in [1.807, 2.05) is 4.90 Å². The molecular formula is C36H51F5N4O3. The molecule has 2 saturated heterocycles. The summed E-state index contributed by atoms with van der Waals surface area (Å²) in [6, 6.07) is 8.78. The molecule has 268 valence electrons. The van der Waals surface area contributed by atoms with Crippen LogP contribution in [0.1, 0.15) is 99.1 Å². The second-order valence-corrected chi connectivity index (χ2v) is 14.0. The maximum atomic E-state index is 14.9. The summed E-state index contributed by atoms with van der Waals surface area (Å²) in [7, 11) is 0. The molecule has 1 amide bonds. The zero-order chi connectivity index (χ0) is 36.0. The first-order valence-electron chi connectivity index (χ1n) is 16.7. The molecule has 7 nitrogen and oxygen atoms in total. The van der Waals surface area contributed by atoms with Gasteiger partial charge in [0.05, 0.1) is 5.92 Å². The van der Waals surface area contributed by atoms with Gasteiger partial charge in [-0.15, -0.1) is 0 Å². The number of benzene rings is 2. The summed E-state index contributed by atoms with van der Waals surface area (Å²) < 4.78 is 60.4. The fraction of sp³-hybridized carbons (Fsp3) is 0.611. The summed E-state index contributed by atoms with van der Waals surface area (Å²) in [6.07, 6.45) is -1.31. The summed E-state index contributed by atoms with van der Waals surface area (Å²) in [4.78, 5) is 27.2. The number of aliphatic carboxylic acids is 1. The van der Waals surface area contributed by atoms with Crippen molar-refractivity contribution in [3.8, 4) is 0 Å². The summed E-state index contributed by atoms with van der Waals surface area (Å²) in [5, 5.41) is 10.8. The monoisotopic (exact) mass is 682 g/mol. The molecule has 0 spiro atoms. The lowest BCUT2D eigenvalue weighted by Crippen LogP contribution is -2.44. The van der Waals surface area contributed by atoms with Gasteiger partial charge >= 0.3 is 12.1 Å². The zero-order valence-electron chi connectivity index (χ0n) is 28.9. The molecule has 4 N–H and O–H groups in total. The van der Waals surface area contributed by atoms with Crippen LogP contribution in [-0.2, 0) is 9.59 Å². The van der Waals surface area contributed by atoms with E-state index in [0.717, 1.165) is 38.3 Å². The summed E-state index contributed by atoms with van der Waals surface area (Å²) in [6.45, 7) is 17.1. The van der Waals surface area contributed by atoms with Crippen molar-refractivity contribution in [2.24, 2.45) is 11.7 Å². The van der Waals surface area contributed by atoms with E-state index in [2.05, 4.69) is 63.9 Å². The van der Waals surface area contributed by atoms with Crippen LogP contribution in [0.3, 0.4) is 0 Å². The SMILES string of the molecule is CCC(NCCCN)c1cc(C)c(C)cc1C1CCN(C(=O)[C@@H]2CN(C(C)(C)C)C[C@H]2c2ccc(F)cc2F)CC1.O=C(O)C(F)(F)F. The van der Waals surface area contributed by atoms with E-state index in [1.54, 1.807) is 0 Å². The molecule has 1 unspecified atom stereocenters. The molecule has 2 fully saturated rings. The summed E-state index contributed by atoms with van der Waals surface area (Å²) in [5.74, 6) is -4.07. The number of nitrogens with one attached hydrogen (secondary N) is 1. The minimum Gasteiger partial charge on any atom is -0.475 e. The van der Waals surface area contributed by atoms with E-state index >= 15 is 0 Å². The molecule has 2 heterocycles. The van der Waals surface area contributed by atoms with Crippen molar-refractivity contribution in [2.75, 3.05) is 39.3 Å². The number of carbonyl (C=O) groups is 2. The number of hydrogen-bond acceptors (Lipinski definition) is 5. The van der Waals surface area contributed by atoms with Crippen LogP contribution in [0, 0.1) is 31.4 Å². The molecule has 0 bridgehead atoms. The number of likely N-dealkylation sites (tertiary alicyclic amines) is 2. The molecule has 48 heavy (non-hydrogen) atoms. The number of piperidine rings is 1. The molecular weight excluding hydrogens is 631 g/mol. The third-order valence-corrected chi connectivity index (χ3v) is 9.69. The second kappa shape index (κ2) is 16.5. The van der Waals surface area contributed by atoms with Crippen molar-refractivity contribution < 1.29 is 36.6 Å². The van der Waals surface area contributed by atoms with E-state index in [0.29, 0.717) is 44.2 Å². The highest BCUT2D eigenvalue weighted by Gasteiger charge is 2.45. The van der Waals surface area contributed by atoms with Gasteiger partial charge < -0.3 is 21.1 Å². The number of carbonyl (C=O) groups excluding carboxylic acids is 1. The number of nitrogens with two attached hydrogens (primary N) is 1. The average molecular weight is 683 g/mol. The smallest absolute Gasteiger partial charge is 0.475 e. The summed E-state index contributed by atoms with van der Waals surface area (Å²) >= 11 is 0.